The van der Waals surface area contributed by atoms with E-state index >= 15 is 0 Å². The predicted octanol–water partition coefficient (Wildman–Crippen LogP) is 4.61. The van der Waals surface area contributed by atoms with E-state index in [2.05, 4.69) is 33.9 Å². The van der Waals surface area contributed by atoms with Crippen molar-refractivity contribution in [3.63, 3.8) is 0 Å². The number of hydrogen-bond acceptors (Lipinski definition) is 3. The van der Waals surface area contributed by atoms with E-state index in [4.69, 9.17) is 11.6 Å². The second kappa shape index (κ2) is 8.21. The molecule has 3 aromatic carbocycles. The summed E-state index contributed by atoms with van der Waals surface area (Å²) in [6.45, 7) is 2.25. The smallest absolute Gasteiger partial charge is 0.242 e. The zero-order valence-corrected chi connectivity index (χ0v) is 17.1. The summed E-state index contributed by atoms with van der Waals surface area (Å²) in [7, 11) is -3.69. The van der Waals surface area contributed by atoms with Gasteiger partial charge >= 0.3 is 0 Å². The van der Waals surface area contributed by atoms with Crippen molar-refractivity contribution in [2.75, 3.05) is 19.6 Å². The SMILES string of the molecule is O=S(=O)(NC[C@H](c1cccc2ccccc12)N1CCCC1)c1ccccc1Cl. The molecule has 1 heterocycles. The Bertz CT molecular complexity index is 1070. The van der Waals surface area contributed by atoms with Crippen LogP contribution in [0.1, 0.15) is 24.4 Å². The van der Waals surface area contributed by atoms with Gasteiger partial charge in [-0.1, -0.05) is 66.2 Å². The number of likely N-dealkylation sites (tertiary alicyclic amines) is 1. The van der Waals surface area contributed by atoms with Gasteiger partial charge in [-0.15, -0.1) is 0 Å². The lowest BCUT2D eigenvalue weighted by Crippen LogP contribution is -2.37. The molecule has 0 radical (unpaired) electrons. The van der Waals surface area contributed by atoms with Crippen LogP contribution < -0.4 is 4.72 Å². The van der Waals surface area contributed by atoms with Gasteiger partial charge in [0.1, 0.15) is 4.90 Å². The number of rotatable bonds is 6. The maximum atomic E-state index is 12.9. The lowest BCUT2D eigenvalue weighted by Gasteiger charge is -2.29. The first-order valence-corrected chi connectivity index (χ1v) is 11.4. The molecule has 1 fully saturated rings. The Balaban J connectivity index is 1.67. The minimum absolute atomic E-state index is 0.0223. The molecule has 1 aliphatic heterocycles. The van der Waals surface area contributed by atoms with Gasteiger partial charge in [0, 0.05) is 12.6 Å². The average molecular weight is 415 g/mol. The van der Waals surface area contributed by atoms with Gasteiger partial charge in [-0.05, 0) is 54.4 Å². The highest BCUT2D eigenvalue weighted by atomic mass is 35.5. The molecule has 4 nitrogen and oxygen atoms in total. The average Bonchev–Trinajstić information content (AvgIpc) is 3.23. The topological polar surface area (TPSA) is 49.4 Å². The van der Waals surface area contributed by atoms with Crippen LogP contribution in [0, 0.1) is 0 Å². The van der Waals surface area contributed by atoms with Crippen LogP contribution in [0.4, 0.5) is 0 Å². The fourth-order valence-corrected chi connectivity index (χ4v) is 5.51. The van der Waals surface area contributed by atoms with Gasteiger partial charge < -0.3 is 0 Å². The number of benzene rings is 3. The molecule has 0 unspecified atom stereocenters. The molecule has 0 bridgehead atoms. The van der Waals surface area contributed by atoms with E-state index in [1.54, 1.807) is 18.2 Å². The van der Waals surface area contributed by atoms with Crippen molar-refractivity contribution < 1.29 is 8.42 Å². The van der Waals surface area contributed by atoms with Crippen molar-refractivity contribution in [1.29, 1.82) is 0 Å². The minimum Gasteiger partial charge on any atom is -0.295 e. The number of nitrogens with one attached hydrogen (secondary N) is 1. The zero-order valence-electron chi connectivity index (χ0n) is 15.5. The third kappa shape index (κ3) is 3.94. The summed E-state index contributed by atoms with van der Waals surface area (Å²) in [5.41, 5.74) is 1.15. The quantitative estimate of drug-likeness (QED) is 0.640. The molecule has 0 saturated carbocycles. The molecular formula is C22H23ClN2O2S. The Kier molecular flexibility index (Phi) is 5.69. The molecule has 28 heavy (non-hydrogen) atoms. The Labute approximate surface area is 171 Å². The molecule has 0 spiro atoms. The van der Waals surface area contributed by atoms with Crippen molar-refractivity contribution >= 4 is 32.4 Å². The fraction of sp³-hybridized carbons (Fsp3) is 0.273. The summed E-state index contributed by atoms with van der Waals surface area (Å²) < 4.78 is 28.5. The maximum Gasteiger partial charge on any atom is 0.242 e. The summed E-state index contributed by atoms with van der Waals surface area (Å²) in [6.07, 6.45) is 2.27. The van der Waals surface area contributed by atoms with E-state index in [-0.39, 0.29) is 16.0 Å². The summed E-state index contributed by atoms with van der Waals surface area (Å²) in [6, 6.07) is 21.0. The number of fused-ring (bicyclic) bond motifs is 1. The lowest BCUT2D eigenvalue weighted by molar-refractivity contribution is 0.248. The Morgan fingerprint density at radius 1 is 0.929 bits per heavy atom. The van der Waals surface area contributed by atoms with E-state index < -0.39 is 10.0 Å². The van der Waals surface area contributed by atoms with Crippen molar-refractivity contribution in [3.05, 3.63) is 77.3 Å². The van der Waals surface area contributed by atoms with E-state index in [1.807, 2.05) is 18.2 Å². The molecule has 0 aliphatic carbocycles. The van der Waals surface area contributed by atoms with Crippen LogP contribution >= 0.6 is 11.6 Å². The van der Waals surface area contributed by atoms with Gasteiger partial charge in [-0.3, -0.25) is 4.90 Å². The van der Waals surface area contributed by atoms with Crippen LogP contribution in [-0.4, -0.2) is 33.0 Å². The van der Waals surface area contributed by atoms with E-state index in [0.29, 0.717) is 6.54 Å². The highest BCUT2D eigenvalue weighted by Gasteiger charge is 2.27. The second-order valence-corrected chi connectivity index (χ2v) is 9.25. The van der Waals surface area contributed by atoms with Crippen molar-refractivity contribution in [1.82, 2.24) is 9.62 Å². The first kappa shape index (κ1) is 19.4. The van der Waals surface area contributed by atoms with E-state index in [1.165, 1.54) is 11.5 Å². The molecule has 4 rings (SSSR count). The Hall–Kier alpha value is -1.92. The van der Waals surface area contributed by atoms with Crippen molar-refractivity contribution in [2.45, 2.75) is 23.8 Å². The molecule has 1 saturated heterocycles. The first-order chi connectivity index (χ1) is 13.6. The van der Waals surface area contributed by atoms with Crippen LogP contribution in [-0.2, 0) is 10.0 Å². The molecular weight excluding hydrogens is 392 g/mol. The number of halogens is 1. The third-order valence-electron chi connectivity index (χ3n) is 5.36. The largest absolute Gasteiger partial charge is 0.295 e. The van der Waals surface area contributed by atoms with Gasteiger partial charge in [0.2, 0.25) is 10.0 Å². The third-order valence-corrected chi connectivity index (χ3v) is 7.28. The highest BCUT2D eigenvalue weighted by Crippen LogP contribution is 2.31. The first-order valence-electron chi connectivity index (χ1n) is 9.52. The van der Waals surface area contributed by atoms with Gasteiger partial charge in [-0.25, -0.2) is 13.1 Å². The second-order valence-electron chi connectivity index (χ2n) is 7.11. The van der Waals surface area contributed by atoms with E-state index in [0.717, 1.165) is 36.9 Å². The summed E-state index contributed by atoms with van der Waals surface area (Å²) in [5.74, 6) is 0. The predicted molar refractivity (Wildman–Crippen MR) is 114 cm³/mol. The minimum atomic E-state index is -3.69. The van der Waals surface area contributed by atoms with Gasteiger partial charge in [0.15, 0.2) is 0 Å². The maximum absolute atomic E-state index is 12.9. The van der Waals surface area contributed by atoms with Gasteiger partial charge in [0.05, 0.1) is 5.02 Å². The molecule has 3 aromatic rings. The van der Waals surface area contributed by atoms with Crippen LogP contribution in [0.5, 0.6) is 0 Å². The van der Waals surface area contributed by atoms with Gasteiger partial charge in [-0.2, -0.15) is 0 Å². The molecule has 0 aromatic heterocycles. The summed E-state index contributed by atoms with van der Waals surface area (Å²) in [5, 5.41) is 2.56. The Morgan fingerprint density at radius 3 is 2.39 bits per heavy atom. The molecule has 1 N–H and O–H groups in total. The Morgan fingerprint density at radius 2 is 1.61 bits per heavy atom. The van der Waals surface area contributed by atoms with Crippen LogP contribution in [0.25, 0.3) is 10.8 Å². The molecule has 1 atom stereocenters. The lowest BCUT2D eigenvalue weighted by atomic mass is 9.98. The van der Waals surface area contributed by atoms with Crippen LogP contribution in [0.3, 0.4) is 0 Å². The fourth-order valence-electron chi connectivity index (χ4n) is 3.96. The van der Waals surface area contributed by atoms with E-state index in [9.17, 15) is 8.42 Å². The zero-order chi connectivity index (χ0) is 19.6. The van der Waals surface area contributed by atoms with Crippen molar-refractivity contribution in [3.8, 4) is 0 Å². The van der Waals surface area contributed by atoms with Crippen LogP contribution in [0.2, 0.25) is 5.02 Å². The standard InChI is InChI=1S/C22H23ClN2O2S/c23-20-12-3-4-13-22(20)28(26,27)24-16-21(25-14-5-6-15-25)19-11-7-9-17-8-1-2-10-18(17)19/h1-4,7-13,21,24H,5-6,14-16H2/t21-/m1/s1. The van der Waals surface area contributed by atoms with Crippen LogP contribution in [0.15, 0.2) is 71.6 Å². The van der Waals surface area contributed by atoms with Crippen molar-refractivity contribution in [2.24, 2.45) is 0 Å². The van der Waals surface area contributed by atoms with Gasteiger partial charge in [0.25, 0.3) is 0 Å². The molecule has 6 heteroatoms. The number of sulfonamides is 1. The summed E-state index contributed by atoms with van der Waals surface area (Å²) >= 11 is 6.12. The molecule has 1 aliphatic rings. The molecule has 0 amide bonds. The highest BCUT2D eigenvalue weighted by molar-refractivity contribution is 7.89. The number of nitrogens with zero attached hydrogens (tertiary/aromatic N) is 1. The monoisotopic (exact) mass is 414 g/mol. The number of hydrogen-bond donors (Lipinski definition) is 1. The summed E-state index contributed by atoms with van der Waals surface area (Å²) in [4.78, 5) is 2.49. The normalized spacial score (nSPS) is 16.5. The molecule has 146 valence electrons.